The molecule has 0 aliphatic carbocycles. The third-order valence-corrected chi connectivity index (χ3v) is 2.59. The van der Waals surface area contributed by atoms with Crippen LogP contribution in [0.25, 0.3) is 0 Å². The van der Waals surface area contributed by atoms with E-state index in [0.29, 0.717) is 6.42 Å². The van der Waals surface area contributed by atoms with Crippen molar-refractivity contribution in [1.29, 1.82) is 0 Å². The molecule has 1 rings (SSSR count). The van der Waals surface area contributed by atoms with Gasteiger partial charge in [0.25, 0.3) is 0 Å². The molecule has 1 aromatic carbocycles. The lowest BCUT2D eigenvalue weighted by molar-refractivity contribution is -0.120. The monoisotopic (exact) mass is 234 g/mol. The van der Waals surface area contributed by atoms with Crippen molar-refractivity contribution < 1.29 is 4.79 Å². The van der Waals surface area contributed by atoms with Crippen molar-refractivity contribution in [2.24, 2.45) is 0 Å². The van der Waals surface area contributed by atoms with Crippen LogP contribution in [0.1, 0.15) is 17.5 Å². The van der Waals surface area contributed by atoms with E-state index in [1.54, 1.807) is 0 Å². The fourth-order valence-electron chi connectivity index (χ4n) is 1.58. The largest absolute Gasteiger partial charge is 0.356 e. The first-order chi connectivity index (χ1) is 8.08. The maximum atomic E-state index is 11.6. The Kier molecular flexibility index (Phi) is 5.70. The van der Waals surface area contributed by atoms with Crippen LogP contribution in [0.15, 0.2) is 24.3 Å². The Morgan fingerprint density at radius 1 is 1.24 bits per heavy atom. The maximum absolute atomic E-state index is 11.6. The molecule has 94 valence electrons. The first kappa shape index (κ1) is 13.7. The van der Waals surface area contributed by atoms with Crippen LogP contribution in [0.3, 0.4) is 0 Å². The Morgan fingerprint density at radius 2 is 1.88 bits per heavy atom. The van der Waals surface area contributed by atoms with Gasteiger partial charge in [-0.3, -0.25) is 4.79 Å². The second kappa shape index (κ2) is 7.07. The van der Waals surface area contributed by atoms with E-state index in [1.807, 2.05) is 45.3 Å². The molecule has 3 nitrogen and oxygen atoms in total. The van der Waals surface area contributed by atoms with E-state index in [9.17, 15) is 4.79 Å². The van der Waals surface area contributed by atoms with E-state index < -0.39 is 0 Å². The first-order valence-corrected chi connectivity index (χ1v) is 6.05. The minimum Gasteiger partial charge on any atom is -0.356 e. The van der Waals surface area contributed by atoms with E-state index in [1.165, 1.54) is 5.56 Å². The quantitative estimate of drug-likeness (QED) is 0.758. The Hall–Kier alpha value is -1.35. The molecule has 0 fully saturated rings. The highest BCUT2D eigenvalue weighted by atomic mass is 16.1. The van der Waals surface area contributed by atoms with E-state index in [-0.39, 0.29) is 5.91 Å². The SMILES string of the molecule is Cc1ccc(CC(=O)NCCCN(C)C)cc1. The minimum atomic E-state index is 0.104. The number of hydrogen-bond acceptors (Lipinski definition) is 2. The highest BCUT2D eigenvalue weighted by Gasteiger charge is 2.02. The summed E-state index contributed by atoms with van der Waals surface area (Å²) in [6.45, 7) is 3.80. The van der Waals surface area contributed by atoms with Gasteiger partial charge in [0.15, 0.2) is 0 Å². The van der Waals surface area contributed by atoms with Crippen molar-refractivity contribution in [1.82, 2.24) is 10.2 Å². The molecule has 0 radical (unpaired) electrons. The van der Waals surface area contributed by atoms with Gasteiger partial charge in [-0.15, -0.1) is 0 Å². The van der Waals surface area contributed by atoms with Gasteiger partial charge in [0.05, 0.1) is 6.42 Å². The van der Waals surface area contributed by atoms with Crippen molar-refractivity contribution in [2.45, 2.75) is 19.8 Å². The Bertz CT molecular complexity index is 344. The normalized spacial score (nSPS) is 10.6. The van der Waals surface area contributed by atoms with Crippen LogP contribution in [0.2, 0.25) is 0 Å². The van der Waals surface area contributed by atoms with E-state index >= 15 is 0 Å². The van der Waals surface area contributed by atoms with Crippen LogP contribution < -0.4 is 5.32 Å². The number of nitrogens with zero attached hydrogens (tertiary/aromatic N) is 1. The molecule has 0 spiro atoms. The second-order valence-corrected chi connectivity index (χ2v) is 4.67. The zero-order valence-corrected chi connectivity index (χ0v) is 11.0. The van der Waals surface area contributed by atoms with Gasteiger partial charge in [-0.2, -0.15) is 0 Å². The Balaban J connectivity index is 2.23. The number of rotatable bonds is 6. The van der Waals surface area contributed by atoms with Crippen molar-refractivity contribution in [3.05, 3.63) is 35.4 Å². The number of hydrogen-bond donors (Lipinski definition) is 1. The molecule has 0 aromatic heterocycles. The first-order valence-electron chi connectivity index (χ1n) is 6.05. The predicted molar refractivity (Wildman–Crippen MR) is 71.1 cm³/mol. The summed E-state index contributed by atoms with van der Waals surface area (Å²) in [5, 5.41) is 2.94. The summed E-state index contributed by atoms with van der Waals surface area (Å²) >= 11 is 0. The average Bonchev–Trinajstić information content (AvgIpc) is 2.27. The van der Waals surface area contributed by atoms with Crippen LogP contribution >= 0.6 is 0 Å². The molecule has 1 aromatic rings. The lowest BCUT2D eigenvalue weighted by Gasteiger charge is -2.09. The van der Waals surface area contributed by atoms with Gasteiger partial charge in [0.2, 0.25) is 5.91 Å². The summed E-state index contributed by atoms with van der Waals surface area (Å²) in [4.78, 5) is 13.7. The van der Waals surface area contributed by atoms with Gasteiger partial charge >= 0.3 is 0 Å². The highest BCUT2D eigenvalue weighted by molar-refractivity contribution is 5.78. The molecule has 0 unspecified atom stereocenters. The van der Waals surface area contributed by atoms with E-state index in [2.05, 4.69) is 10.2 Å². The van der Waals surface area contributed by atoms with Crippen LogP contribution in [-0.2, 0) is 11.2 Å². The number of carbonyl (C=O) groups excluding carboxylic acids is 1. The molecular weight excluding hydrogens is 212 g/mol. The van der Waals surface area contributed by atoms with Gasteiger partial charge in [-0.25, -0.2) is 0 Å². The number of carbonyl (C=O) groups is 1. The second-order valence-electron chi connectivity index (χ2n) is 4.67. The van der Waals surface area contributed by atoms with E-state index in [0.717, 1.165) is 25.1 Å². The number of amides is 1. The standard InChI is InChI=1S/C14H22N2O/c1-12-5-7-13(8-6-12)11-14(17)15-9-4-10-16(2)3/h5-8H,4,9-11H2,1-3H3,(H,15,17). The third kappa shape index (κ3) is 6.07. The molecule has 1 N–H and O–H groups in total. The summed E-state index contributed by atoms with van der Waals surface area (Å²) < 4.78 is 0. The zero-order chi connectivity index (χ0) is 12.7. The third-order valence-electron chi connectivity index (χ3n) is 2.59. The molecule has 0 saturated carbocycles. The molecule has 1 amide bonds. The van der Waals surface area contributed by atoms with Crippen LogP contribution in [0.4, 0.5) is 0 Å². The van der Waals surface area contributed by atoms with Gasteiger partial charge in [-0.1, -0.05) is 29.8 Å². The van der Waals surface area contributed by atoms with E-state index in [4.69, 9.17) is 0 Å². The topological polar surface area (TPSA) is 32.3 Å². The lowest BCUT2D eigenvalue weighted by Crippen LogP contribution is -2.28. The van der Waals surface area contributed by atoms with Gasteiger partial charge in [0, 0.05) is 6.54 Å². The smallest absolute Gasteiger partial charge is 0.224 e. The van der Waals surface area contributed by atoms with Gasteiger partial charge in [0.1, 0.15) is 0 Å². The summed E-state index contributed by atoms with van der Waals surface area (Å²) in [7, 11) is 4.07. The van der Waals surface area contributed by atoms with Crippen molar-refractivity contribution in [2.75, 3.05) is 27.2 Å². The van der Waals surface area contributed by atoms with Crippen molar-refractivity contribution in [3.63, 3.8) is 0 Å². The lowest BCUT2D eigenvalue weighted by atomic mass is 10.1. The highest BCUT2D eigenvalue weighted by Crippen LogP contribution is 2.03. The molecule has 3 heteroatoms. The number of aryl methyl sites for hydroxylation is 1. The molecule has 0 aliphatic heterocycles. The van der Waals surface area contributed by atoms with Crippen molar-refractivity contribution >= 4 is 5.91 Å². The molecule has 17 heavy (non-hydrogen) atoms. The average molecular weight is 234 g/mol. The maximum Gasteiger partial charge on any atom is 0.224 e. The Morgan fingerprint density at radius 3 is 2.47 bits per heavy atom. The Labute approximate surface area is 104 Å². The van der Waals surface area contributed by atoms with Gasteiger partial charge < -0.3 is 10.2 Å². The predicted octanol–water partition coefficient (Wildman–Crippen LogP) is 1.61. The fraction of sp³-hybridized carbons (Fsp3) is 0.500. The van der Waals surface area contributed by atoms with Crippen LogP contribution in [0.5, 0.6) is 0 Å². The molecule has 0 heterocycles. The van der Waals surface area contributed by atoms with Crippen LogP contribution in [-0.4, -0.2) is 38.0 Å². The van der Waals surface area contributed by atoms with Gasteiger partial charge in [-0.05, 0) is 39.5 Å². The van der Waals surface area contributed by atoms with Crippen molar-refractivity contribution in [3.8, 4) is 0 Å². The molecular formula is C14H22N2O. The minimum absolute atomic E-state index is 0.104. The molecule has 0 bridgehead atoms. The summed E-state index contributed by atoms with van der Waals surface area (Å²) in [5.74, 6) is 0.104. The van der Waals surface area contributed by atoms with Crippen LogP contribution in [0, 0.1) is 6.92 Å². The molecule has 0 atom stereocenters. The molecule has 0 saturated heterocycles. The number of nitrogens with one attached hydrogen (secondary N) is 1. The molecule has 0 aliphatic rings. The fourth-order valence-corrected chi connectivity index (χ4v) is 1.58. The zero-order valence-electron chi connectivity index (χ0n) is 11.0. The summed E-state index contributed by atoms with van der Waals surface area (Å²) in [5.41, 5.74) is 2.29. The number of benzene rings is 1. The summed E-state index contributed by atoms with van der Waals surface area (Å²) in [6, 6.07) is 8.09. The summed E-state index contributed by atoms with van der Waals surface area (Å²) in [6.07, 6.45) is 1.47.